The molecular weight excluding hydrogens is 404 g/mol. The maximum Gasteiger partial charge on any atom is 0.329 e. The number of halogens is 1. The molecule has 0 aliphatic carbocycles. The number of esters is 1. The van der Waals surface area contributed by atoms with Crippen molar-refractivity contribution in [1.82, 2.24) is 10.6 Å². The van der Waals surface area contributed by atoms with Gasteiger partial charge in [0.15, 0.2) is 0 Å². The van der Waals surface area contributed by atoms with Gasteiger partial charge in [-0.2, -0.15) is 0 Å². The zero-order valence-corrected chi connectivity index (χ0v) is 19.6. The molecule has 0 aromatic heterocycles. The van der Waals surface area contributed by atoms with E-state index in [0.717, 1.165) is 24.8 Å². The summed E-state index contributed by atoms with van der Waals surface area (Å²) >= 11 is 0. The summed E-state index contributed by atoms with van der Waals surface area (Å²) in [5, 5.41) is 5.59. The number of amides is 2. The molecule has 1 rings (SSSR count). The molecule has 30 heavy (non-hydrogen) atoms. The van der Waals surface area contributed by atoms with E-state index in [9.17, 15) is 14.4 Å². The van der Waals surface area contributed by atoms with Crippen molar-refractivity contribution >= 4 is 30.2 Å². The van der Waals surface area contributed by atoms with Crippen molar-refractivity contribution in [2.75, 3.05) is 0 Å². The Bertz CT molecular complexity index is 650. The Balaban J connectivity index is 0.00000841. The molecule has 0 spiro atoms. The first-order chi connectivity index (χ1) is 13.8. The minimum Gasteiger partial charge on any atom is -0.459 e. The van der Waals surface area contributed by atoms with Crippen molar-refractivity contribution in [2.45, 2.75) is 79.0 Å². The Labute approximate surface area is 186 Å². The normalized spacial score (nSPS) is 12.6. The van der Waals surface area contributed by atoms with E-state index < -0.39 is 18.1 Å². The lowest BCUT2D eigenvalue weighted by Crippen LogP contribution is -2.55. The first kappa shape index (κ1) is 27.9. The monoisotopic (exact) mass is 440 g/mol. The molecule has 0 saturated carbocycles. The molecule has 7 heteroatoms. The minimum atomic E-state index is -0.774. The second-order valence-electron chi connectivity index (χ2n) is 8.07. The van der Waals surface area contributed by atoms with Crippen LogP contribution < -0.4 is 10.6 Å². The summed E-state index contributed by atoms with van der Waals surface area (Å²) in [6, 6.07) is 7.93. The van der Waals surface area contributed by atoms with Crippen LogP contribution in [0.15, 0.2) is 30.3 Å². The molecule has 0 bridgehead atoms. The second kappa shape index (κ2) is 14.8. The third-order valence-electron chi connectivity index (χ3n) is 4.72. The predicted octanol–water partition coefficient (Wildman–Crippen LogP) is 4.01. The standard InChI is InChI=1S/C23H36N2O4.ClH/c1-6-7-9-14-19(26)24-20(16(2)3)22(27)25-21(17(4)5)23(28)29-15-18-12-10-8-11-13-18;/h8,10-13,16-17,20-21H,6-7,9,14-15H2,1-5H3,(H,24,26)(H,25,27);1H/t20-,21-;/m0./s1. The van der Waals surface area contributed by atoms with E-state index >= 15 is 0 Å². The van der Waals surface area contributed by atoms with Gasteiger partial charge in [0, 0.05) is 6.42 Å². The summed E-state index contributed by atoms with van der Waals surface area (Å²) < 4.78 is 5.40. The Kier molecular flexibility index (Phi) is 13.8. The lowest BCUT2D eigenvalue weighted by molar-refractivity contribution is -0.150. The molecule has 0 heterocycles. The predicted molar refractivity (Wildman–Crippen MR) is 121 cm³/mol. The summed E-state index contributed by atoms with van der Waals surface area (Å²) in [5.74, 6) is -1.22. The SMILES string of the molecule is CCCCCC(=O)N[C@H](C(=O)N[C@H](C(=O)OCc1ccccc1)C(C)C)C(C)C.Cl. The first-order valence-corrected chi connectivity index (χ1v) is 10.6. The molecule has 0 fully saturated rings. The molecule has 1 aromatic carbocycles. The van der Waals surface area contributed by atoms with Crippen molar-refractivity contribution in [3.05, 3.63) is 35.9 Å². The topological polar surface area (TPSA) is 84.5 Å². The Morgan fingerprint density at radius 2 is 1.50 bits per heavy atom. The molecule has 6 nitrogen and oxygen atoms in total. The lowest BCUT2D eigenvalue weighted by Gasteiger charge is -2.26. The van der Waals surface area contributed by atoms with Gasteiger partial charge in [-0.3, -0.25) is 9.59 Å². The average Bonchev–Trinajstić information content (AvgIpc) is 2.68. The fourth-order valence-corrected chi connectivity index (χ4v) is 2.88. The summed E-state index contributed by atoms with van der Waals surface area (Å²) in [7, 11) is 0. The smallest absolute Gasteiger partial charge is 0.329 e. The third kappa shape index (κ3) is 10.1. The van der Waals surface area contributed by atoms with Gasteiger partial charge in [-0.25, -0.2) is 4.79 Å². The lowest BCUT2D eigenvalue weighted by atomic mass is 10.00. The van der Waals surface area contributed by atoms with Crippen LogP contribution in [-0.2, 0) is 25.7 Å². The minimum absolute atomic E-state index is 0. The highest BCUT2D eigenvalue weighted by Gasteiger charge is 2.31. The van der Waals surface area contributed by atoms with Gasteiger partial charge in [-0.1, -0.05) is 77.8 Å². The van der Waals surface area contributed by atoms with Crippen LogP contribution in [0.3, 0.4) is 0 Å². The molecule has 0 aliphatic heterocycles. The van der Waals surface area contributed by atoms with E-state index in [1.807, 2.05) is 58.0 Å². The van der Waals surface area contributed by atoms with Crippen molar-refractivity contribution < 1.29 is 19.1 Å². The Hall–Kier alpha value is -2.08. The number of hydrogen-bond donors (Lipinski definition) is 2. The van der Waals surface area contributed by atoms with Crippen LogP contribution in [0.4, 0.5) is 0 Å². The average molecular weight is 441 g/mol. The van der Waals surface area contributed by atoms with Crippen LogP contribution >= 0.6 is 12.4 Å². The molecule has 170 valence electrons. The van der Waals surface area contributed by atoms with Crippen LogP contribution in [0.2, 0.25) is 0 Å². The molecular formula is C23H37ClN2O4. The van der Waals surface area contributed by atoms with Gasteiger partial charge in [-0.15, -0.1) is 12.4 Å². The fraction of sp³-hybridized carbons (Fsp3) is 0.609. The number of hydrogen-bond acceptors (Lipinski definition) is 4. The van der Waals surface area contributed by atoms with E-state index in [0.29, 0.717) is 6.42 Å². The number of carbonyl (C=O) groups excluding carboxylic acids is 3. The summed E-state index contributed by atoms with van der Waals surface area (Å²) in [4.78, 5) is 37.5. The molecule has 2 atom stereocenters. The third-order valence-corrected chi connectivity index (χ3v) is 4.72. The molecule has 2 amide bonds. The quantitative estimate of drug-likeness (QED) is 0.380. The van der Waals surface area contributed by atoms with Gasteiger partial charge < -0.3 is 15.4 Å². The van der Waals surface area contributed by atoms with Crippen molar-refractivity contribution in [2.24, 2.45) is 11.8 Å². The number of ether oxygens (including phenoxy) is 1. The first-order valence-electron chi connectivity index (χ1n) is 10.6. The van der Waals surface area contributed by atoms with Gasteiger partial charge in [0.2, 0.25) is 11.8 Å². The van der Waals surface area contributed by atoms with Crippen molar-refractivity contribution in [3.8, 4) is 0 Å². The Morgan fingerprint density at radius 1 is 0.900 bits per heavy atom. The highest BCUT2D eigenvalue weighted by atomic mass is 35.5. The maximum absolute atomic E-state index is 12.8. The van der Waals surface area contributed by atoms with Crippen molar-refractivity contribution in [3.63, 3.8) is 0 Å². The second-order valence-corrected chi connectivity index (χ2v) is 8.07. The largest absolute Gasteiger partial charge is 0.459 e. The molecule has 0 saturated heterocycles. The van der Waals surface area contributed by atoms with Gasteiger partial charge in [0.1, 0.15) is 18.7 Å². The maximum atomic E-state index is 12.8. The number of carbonyl (C=O) groups is 3. The molecule has 0 unspecified atom stereocenters. The van der Waals surface area contributed by atoms with Gasteiger partial charge in [0.05, 0.1) is 0 Å². The number of rotatable bonds is 12. The summed E-state index contributed by atoms with van der Waals surface area (Å²) in [6.07, 6.45) is 3.21. The van der Waals surface area contributed by atoms with Crippen molar-refractivity contribution in [1.29, 1.82) is 0 Å². The number of nitrogens with one attached hydrogen (secondary N) is 2. The van der Waals surface area contributed by atoms with Gasteiger partial charge in [0.25, 0.3) is 0 Å². The Morgan fingerprint density at radius 3 is 2.03 bits per heavy atom. The molecule has 1 aromatic rings. The van der Waals surface area contributed by atoms with Crippen LogP contribution in [0.5, 0.6) is 0 Å². The van der Waals surface area contributed by atoms with E-state index in [1.54, 1.807) is 0 Å². The molecule has 0 radical (unpaired) electrons. The van der Waals surface area contributed by atoms with Gasteiger partial charge >= 0.3 is 5.97 Å². The van der Waals surface area contributed by atoms with Gasteiger partial charge in [-0.05, 0) is 23.8 Å². The summed E-state index contributed by atoms with van der Waals surface area (Å²) in [5.41, 5.74) is 0.883. The molecule has 2 N–H and O–H groups in total. The summed E-state index contributed by atoms with van der Waals surface area (Å²) in [6.45, 7) is 9.67. The van der Waals surface area contributed by atoms with Crippen LogP contribution in [0.1, 0.15) is 65.9 Å². The highest BCUT2D eigenvalue weighted by Crippen LogP contribution is 2.10. The zero-order chi connectivity index (χ0) is 21.8. The van der Waals surface area contributed by atoms with E-state index in [-0.39, 0.29) is 42.7 Å². The zero-order valence-electron chi connectivity index (χ0n) is 18.8. The van der Waals surface area contributed by atoms with E-state index in [1.165, 1.54) is 0 Å². The number of benzene rings is 1. The van der Waals surface area contributed by atoms with E-state index in [2.05, 4.69) is 17.6 Å². The van der Waals surface area contributed by atoms with Crippen LogP contribution in [-0.4, -0.2) is 29.9 Å². The fourth-order valence-electron chi connectivity index (χ4n) is 2.88. The number of unbranched alkanes of at least 4 members (excludes halogenated alkanes) is 2. The molecule has 0 aliphatic rings. The van der Waals surface area contributed by atoms with Crippen LogP contribution in [0.25, 0.3) is 0 Å². The highest BCUT2D eigenvalue weighted by molar-refractivity contribution is 5.91. The van der Waals surface area contributed by atoms with E-state index in [4.69, 9.17) is 4.74 Å². The van der Waals surface area contributed by atoms with Crippen LogP contribution in [0, 0.1) is 11.8 Å².